The lowest BCUT2D eigenvalue weighted by Crippen LogP contribution is -2.12. The average Bonchev–Trinajstić information content (AvgIpc) is 2.83. The number of aliphatic hydroxyl groups is 1. The number of nitrogens with zero attached hydrogens (tertiary/aromatic N) is 1. The van der Waals surface area contributed by atoms with E-state index in [1.54, 1.807) is 12.1 Å². The highest BCUT2D eigenvalue weighted by molar-refractivity contribution is 7.90. The summed E-state index contributed by atoms with van der Waals surface area (Å²) in [5.74, 6) is 0. The Morgan fingerprint density at radius 1 is 0.886 bits per heavy atom. The third kappa shape index (κ3) is 9.75. The first-order valence-electron chi connectivity index (χ1n) is 11.0. The predicted octanol–water partition coefficient (Wildman–Crippen LogP) is 3.92. The lowest BCUT2D eigenvalue weighted by atomic mass is 9.95. The van der Waals surface area contributed by atoms with Gasteiger partial charge in [-0.05, 0) is 48.1 Å². The fourth-order valence-electron chi connectivity index (χ4n) is 3.27. The molecule has 0 aliphatic heterocycles. The summed E-state index contributed by atoms with van der Waals surface area (Å²) in [6, 6.07) is 15.2. The van der Waals surface area contributed by atoms with E-state index in [0.29, 0.717) is 42.4 Å². The molecule has 0 aliphatic rings. The van der Waals surface area contributed by atoms with Crippen LogP contribution in [0.15, 0.2) is 59.5 Å². The van der Waals surface area contributed by atoms with Gasteiger partial charge in [-0.1, -0.05) is 48.9 Å². The molecule has 0 aromatic heterocycles. The maximum atomic E-state index is 12.1. The Labute approximate surface area is 204 Å². The maximum Gasteiger partial charge on any atom is 0.508 e. The van der Waals surface area contributed by atoms with E-state index in [1.165, 1.54) is 12.1 Å². The van der Waals surface area contributed by atoms with Crippen LogP contribution >= 0.6 is 0 Å². The van der Waals surface area contributed by atoms with Gasteiger partial charge in [-0.15, -0.1) is 10.1 Å². The molecule has 2 aromatic rings. The van der Waals surface area contributed by atoms with Crippen LogP contribution in [-0.4, -0.2) is 57.4 Å². The molecule has 35 heavy (non-hydrogen) atoms. The molecular formula is C24H29NO9S. The van der Waals surface area contributed by atoms with Gasteiger partial charge < -0.3 is 19.4 Å². The van der Waals surface area contributed by atoms with Crippen molar-refractivity contribution in [2.75, 3.05) is 32.7 Å². The largest absolute Gasteiger partial charge is 0.508 e. The topological polar surface area (TPSA) is 142 Å². The van der Waals surface area contributed by atoms with Crippen LogP contribution < -0.4 is 0 Å². The fraction of sp³-hybridized carbons (Fsp3) is 0.375. The van der Waals surface area contributed by atoms with Gasteiger partial charge in [-0.3, -0.25) is 0 Å². The van der Waals surface area contributed by atoms with Crippen molar-refractivity contribution in [1.29, 1.82) is 0 Å². The summed E-state index contributed by atoms with van der Waals surface area (Å²) in [4.78, 5) is 26.6. The second-order valence-electron chi connectivity index (χ2n) is 7.64. The normalized spacial score (nSPS) is 11.9. The number of benzene rings is 2. The van der Waals surface area contributed by atoms with Crippen LogP contribution in [0.3, 0.4) is 0 Å². The summed E-state index contributed by atoms with van der Waals surface area (Å²) in [5, 5.41) is 19.3. The lowest BCUT2D eigenvalue weighted by molar-refractivity contribution is -0.757. The molecule has 0 unspecified atom stereocenters. The molecule has 0 saturated heterocycles. The summed E-state index contributed by atoms with van der Waals surface area (Å²) in [7, 11) is -3.38. The molecule has 0 aliphatic carbocycles. The third-order valence-electron chi connectivity index (χ3n) is 5.07. The monoisotopic (exact) mass is 507 g/mol. The number of ether oxygens (including phenoxy) is 2. The molecule has 0 atom stereocenters. The minimum absolute atomic E-state index is 0.0325. The molecule has 0 amide bonds. The molecule has 1 N–H and O–H groups in total. The zero-order valence-corrected chi connectivity index (χ0v) is 20.2. The van der Waals surface area contributed by atoms with Gasteiger partial charge in [0, 0.05) is 11.8 Å². The quantitative estimate of drug-likeness (QED) is 0.132. The molecule has 11 heteroatoms. The summed E-state index contributed by atoms with van der Waals surface area (Å²) in [5.41, 5.74) is 2.37. The van der Waals surface area contributed by atoms with E-state index >= 15 is 0 Å². The van der Waals surface area contributed by atoms with E-state index < -0.39 is 21.1 Å². The van der Waals surface area contributed by atoms with Crippen molar-refractivity contribution in [3.8, 4) is 0 Å². The lowest BCUT2D eigenvalue weighted by Gasteiger charge is -2.16. The predicted molar refractivity (Wildman–Crippen MR) is 129 cm³/mol. The van der Waals surface area contributed by atoms with Crippen LogP contribution in [0.2, 0.25) is 0 Å². The molecule has 0 radical (unpaired) electrons. The Balaban J connectivity index is 2.03. The number of unbranched alkanes of at least 4 members (excludes halogenated alkanes) is 3. The van der Waals surface area contributed by atoms with Crippen molar-refractivity contribution in [1.82, 2.24) is 0 Å². The molecule has 0 fully saturated rings. The number of hydrogen-bond donors (Lipinski definition) is 1. The highest BCUT2D eigenvalue weighted by atomic mass is 32.2. The SMILES string of the molecule is CS(=O)(=O)c1ccc(/C(COC(=O)OCCCCCCO[N+](=O)[O-])=C(/CO)c2ccccc2)cc1. The van der Waals surface area contributed by atoms with Crippen LogP contribution in [-0.2, 0) is 24.1 Å². The van der Waals surface area contributed by atoms with E-state index in [-0.39, 0.29) is 31.3 Å². The first-order chi connectivity index (χ1) is 16.7. The van der Waals surface area contributed by atoms with Crippen LogP contribution in [0, 0.1) is 10.1 Å². The highest BCUT2D eigenvalue weighted by Crippen LogP contribution is 2.27. The smallest absolute Gasteiger partial charge is 0.434 e. The van der Waals surface area contributed by atoms with Crippen LogP contribution in [0.25, 0.3) is 11.1 Å². The van der Waals surface area contributed by atoms with E-state index in [2.05, 4.69) is 4.84 Å². The highest BCUT2D eigenvalue weighted by Gasteiger charge is 2.16. The summed E-state index contributed by atoms with van der Waals surface area (Å²) < 4.78 is 34.0. The van der Waals surface area contributed by atoms with E-state index in [4.69, 9.17) is 9.47 Å². The molecule has 10 nitrogen and oxygen atoms in total. The van der Waals surface area contributed by atoms with Crippen molar-refractivity contribution in [3.05, 3.63) is 75.8 Å². The second-order valence-corrected chi connectivity index (χ2v) is 9.65. The first kappa shape index (κ1) is 27.8. The van der Waals surface area contributed by atoms with Gasteiger partial charge in [0.15, 0.2) is 9.84 Å². The molecule has 0 spiro atoms. The standard InChI is InChI=1S/C24H29NO9S/c1-35(30,31)21-13-11-20(12-14-21)23(22(17-26)19-9-5-4-6-10-19)18-33-24(27)32-15-7-2-3-8-16-34-25(28)29/h4-6,9-14,26H,2-3,7-8,15-18H2,1H3/b23-22-. The van der Waals surface area contributed by atoms with Gasteiger partial charge in [0.2, 0.25) is 0 Å². The molecular weight excluding hydrogens is 478 g/mol. The number of hydrogen-bond acceptors (Lipinski definition) is 9. The minimum Gasteiger partial charge on any atom is -0.434 e. The molecule has 2 aromatic carbocycles. The Morgan fingerprint density at radius 2 is 1.49 bits per heavy atom. The summed E-state index contributed by atoms with van der Waals surface area (Å²) >= 11 is 0. The molecule has 190 valence electrons. The zero-order chi connectivity index (χ0) is 25.7. The number of sulfone groups is 1. The molecule has 0 heterocycles. The van der Waals surface area contributed by atoms with E-state index in [9.17, 15) is 28.4 Å². The summed E-state index contributed by atoms with van der Waals surface area (Å²) in [6.45, 7) is -0.362. The Bertz CT molecular complexity index is 1100. The van der Waals surface area contributed by atoms with Gasteiger partial charge >= 0.3 is 6.16 Å². The number of carbonyl (C=O) groups is 1. The fourth-order valence-corrected chi connectivity index (χ4v) is 3.90. The van der Waals surface area contributed by atoms with Crippen molar-refractivity contribution in [2.24, 2.45) is 0 Å². The van der Waals surface area contributed by atoms with Gasteiger partial charge in [0.1, 0.15) is 6.61 Å². The Kier molecular flexibility index (Phi) is 11.2. The van der Waals surface area contributed by atoms with Crippen LogP contribution in [0.5, 0.6) is 0 Å². The van der Waals surface area contributed by atoms with E-state index in [1.807, 2.05) is 30.3 Å². The second kappa shape index (κ2) is 14.1. The van der Waals surface area contributed by atoms with Gasteiger partial charge in [0.05, 0.1) is 24.7 Å². The van der Waals surface area contributed by atoms with Gasteiger partial charge in [0.25, 0.3) is 5.09 Å². The van der Waals surface area contributed by atoms with Crippen molar-refractivity contribution in [2.45, 2.75) is 30.6 Å². The molecule has 0 bridgehead atoms. The number of rotatable bonds is 14. The molecule has 2 rings (SSSR count). The average molecular weight is 508 g/mol. The minimum atomic E-state index is -3.38. The van der Waals surface area contributed by atoms with Gasteiger partial charge in [-0.2, -0.15) is 0 Å². The Hall–Kier alpha value is -3.44. The van der Waals surface area contributed by atoms with Gasteiger partial charge in [-0.25, -0.2) is 13.2 Å². The van der Waals surface area contributed by atoms with Crippen LogP contribution in [0.4, 0.5) is 4.79 Å². The third-order valence-corrected chi connectivity index (χ3v) is 6.19. The van der Waals surface area contributed by atoms with Crippen LogP contribution in [0.1, 0.15) is 36.8 Å². The number of carbonyl (C=O) groups excluding carboxylic acids is 1. The zero-order valence-electron chi connectivity index (χ0n) is 19.4. The van der Waals surface area contributed by atoms with Crippen molar-refractivity contribution >= 4 is 27.1 Å². The van der Waals surface area contributed by atoms with Crippen molar-refractivity contribution in [3.63, 3.8) is 0 Å². The van der Waals surface area contributed by atoms with Crippen molar-refractivity contribution < 1.29 is 37.7 Å². The summed E-state index contributed by atoms with van der Waals surface area (Å²) in [6.07, 6.45) is 2.73. The molecule has 0 saturated carbocycles. The number of aliphatic hydroxyl groups excluding tert-OH is 1. The van der Waals surface area contributed by atoms with E-state index in [0.717, 1.165) is 11.8 Å². The maximum absolute atomic E-state index is 12.1. The first-order valence-corrected chi connectivity index (χ1v) is 12.9. The Morgan fingerprint density at radius 3 is 2.06 bits per heavy atom.